The van der Waals surface area contributed by atoms with E-state index in [1.54, 1.807) is 6.42 Å². The summed E-state index contributed by atoms with van der Waals surface area (Å²) in [5.74, 6) is -0.181. The monoisotopic (exact) mass is 483 g/mol. The van der Waals surface area contributed by atoms with Crippen molar-refractivity contribution >= 4 is 23.4 Å². The molecule has 2 aromatic rings. The SMILES string of the molecule is CCCN(CCC(N)=O)CC(c1ccccc1)N1CCN(C(=O)[CH]Cc2ccc(Cl)cc2)CC1. The van der Waals surface area contributed by atoms with Crippen molar-refractivity contribution in [1.82, 2.24) is 14.7 Å². The highest BCUT2D eigenvalue weighted by Gasteiger charge is 2.28. The van der Waals surface area contributed by atoms with Crippen LogP contribution in [0.3, 0.4) is 0 Å². The molecule has 1 aliphatic rings. The van der Waals surface area contributed by atoms with Gasteiger partial charge in [0, 0.05) is 56.8 Å². The predicted octanol–water partition coefficient (Wildman–Crippen LogP) is 3.56. The van der Waals surface area contributed by atoms with E-state index in [-0.39, 0.29) is 17.9 Å². The normalized spacial score (nSPS) is 15.4. The van der Waals surface area contributed by atoms with E-state index in [0.717, 1.165) is 38.2 Å². The van der Waals surface area contributed by atoms with Gasteiger partial charge in [-0.25, -0.2) is 0 Å². The summed E-state index contributed by atoms with van der Waals surface area (Å²) in [6.45, 7) is 7.62. The maximum atomic E-state index is 12.8. The molecule has 2 N–H and O–H groups in total. The summed E-state index contributed by atoms with van der Waals surface area (Å²) in [6.07, 6.45) is 3.76. The number of piperazine rings is 1. The number of hydrogen-bond acceptors (Lipinski definition) is 4. The molecule has 183 valence electrons. The third-order valence-corrected chi connectivity index (χ3v) is 6.57. The molecule has 2 aromatic carbocycles. The molecule has 7 heteroatoms. The fourth-order valence-electron chi connectivity index (χ4n) is 4.44. The number of halogens is 1. The van der Waals surface area contributed by atoms with E-state index in [0.29, 0.717) is 37.5 Å². The van der Waals surface area contributed by atoms with Crippen LogP contribution in [0.25, 0.3) is 0 Å². The van der Waals surface area contributed by atoms with E-state index in [9.17, 15) is 9.59 Å². The van der Waals surface area contributed by atoms with Crippen molar-refractivity contribution in [2.24, 2.45) is 5.73 Å². The van der Waals surface area contributed by atoms with Gasteiger partial charge in [-0.3, -0.25) is 14.5 Å². The average molecular weight is 484 g/mol. The van der Waals surface area contributed by atoms with Crippen LogP contribution in [0.2, 0.25) is 5.02 Å². The van der Waals surface area contributed by atoms with Crippen LogP contribution >= 0.6 is 11.6 Å². The second-order valence-electron chi connectivity index (χ2n) is 8.84. The summed E-state index contributed by atoms with van der Waals surface area (Å²) < 4.78 is 0. The summed E-state index contributed by atoms with van der Waals surface area (Å²) in [6, 6.07) is 18.3. The van der Waals surface area contributed by atoms with E-state index < -0.39 is 0 Å². The average Bonchev–Trinajstić information content (AvgIpc) is 2.86. The van der Waals surface area contributed by atoms with Crippen LogP contribution in [0.5, 0.6) is 0 Å². The minimum atomic E-state index is -0.264. The zero-order valence-electron chi connectivity index (χ0n) is 20.0. The number of primary amides is 1. The summed E-state index contributed by atoms with van der Waals surface area (Å²) >= 11 is 5.95. The first-order chi connectivity index (χ1) is 16.5. The van der Waals surface area contributed by atoms with E-state index in [1.165, 1.54) is 5.56 Å². The van der Waals surface area contributed by atoms with Gasteiger partial charge in [0.05, 0.1) is 6.42 Å². The van der Waals surface area contributed by atoms with Gasteiger partial charge in [-0.05, 0) is 42.6 Å². The minimum absolute atomic E-state index is 0.0833. The Morgan fingerprint density at radius 1 is 1.03 bits per heavy atom. The Morgan fingerprint density at radius 2 is 1.71 bits per heavy atom. The van der Waals surface area contributed by atoms with E-state index in [4.69, 9.17) is 17.3 Å². The van der Waals surface area contributed by atoms with Gasteiger partial charge >= 0.3 is 0 Å². The number of benzene rings is 2. The summed E-state index contributed by atoms with van der Waals surface area (Å²) in [5.41, 5.74) is 7.75. The maximum absolute atomic E-state index is 12.8. The fraction of sp³-hybridized carbons (Fsp3) is 0.444. The molecule has 1 fully saturated rings. The Hall–Kier alpha value is -2.41. The zero-order valence-corrected chi connectivity index (χ0v) is 20.8. The second-order valence-corrected chi connectivity index (χ2v) is 9.28. The standard InChI is InChI=1S/C27H36ClN4O2/c1-2-15-30(16-14-26(29)33)21-25(23-6-4-3-5-7-23)31-17-19-32(20-18-31)27(34)13-10-22-8-11-24(28)12-9-22/h3-9,11-13,25H,2,10,14-21H2,1H3,(H2,29,33). The van der Waals surface area contributed by atoms with Crippen LogP contribution < -0.4 is 5.73 Å². The van der Waals surface area contributed by atoms with Gasteiger partial charge in [-0.2, -0.15) is 0 Å². The van der Waals surface area contributed by atoms with Crippen molar-refractivity contribution < 1.29 is 9.59 Å². The highest BCUT2D eigenvalue weighted by Crippen LogP contribution is 2.24. The molecular weight excluding hydrogens is 448 g/mol. The lowest BCUT2D eigenvalue weighted by molar-refractivity contribution is -0.129. The van der Waals surface area contributed by atoms with E-state index in [2.05, 4.69) is 41.0 Å². The Labute approximate surface area is 208 Å². The molecule has 6 nitrogen and oxygen atoms in total. The summed E-state index contributed by atoms with van der Waals surface area (Å²) in [4.78, 5) is 30.9. The fourth-order valence-corrected chi connectivity index (χ4v) is 4.57. The Bertz CT molecular complexity index is 899. The lowest BCUT2D eigenvalue weighted by atomic mass is 10.0. The van der Waals surface area contributed by atoms with Gasteiger partial charge in [-0.1, -0.05) is 61.0 Å². The largest absolute Gasteiger partial charge is 0.370 e. The molecule has 3 rings (SSSR count). The van der Waals surface area contributed by atoms with Crippen molar-refractivity contribution in [3.63, 3.8) is 0 Å². The van der Waals surface area contributed by atoms with Crippen LogP contribution in [-0.4, -0.2) is 72.3 Å². The number of carbonyl (C=O) groups excluding carboxylic acids is 2. The van der Waals surface area contributed by atoms with Gasteiger partial charge in [0.25, 0.3) is 0 Å². The molecule has 1 heterocycles. The molecule has 0 aliphatic carbocycles. The molecule has 0 aromatic heterocycles. The Balaban J connectivity index is 1.59. The van der Waals surface area contributed by atoms with Gasteiger partial charge in [-0.15, -0.1) is 0 Å². The van der Waals surface area contributed by atoms with Gasteiger partial charge in [0.15, 0.2) is 0 Å². The number of hydrogen-bond donors (Lipinski definition) is 1. The van der Waals surface area contributed by atoms with E-state index in [1.807, 2.05) is 35.2 Å². The lowest BCUT2D eigenvalue weighted by Crippen LogP contribution is -2.51. The first-order valence-electron chi connectivity index (χ1n) is 12.1. The highest BCUT2D eigenvalue weighted by atomic mass is 35.5. The number of nitrogens with zero attached hydrogens (tertiary/aromatic N) is 3. The molecule has 1 saturated heterocycles. The van der Waals surface area contributed by atoms with Crippen LogP contribution in [-0.2, 0) is 16.0 Å². The second kappa shape index (κ2) is 13.5. The quantitative estimate of drug-likeness (QED) is 0.501. The molecule has 1 radical (unpaired) electrons. The minimum Gasteiger partial charge on any atom is -0.370 e. The molecule has 0 bridgehead atoms. The zero-order chi connectivity index (χ0) is 24.3. The third-order valence-electron chi connectivity index (χ3n) is 6.32. The Kier molecular flexibility index (Phi) is 10.4. The Morgan fingerprint density at radius 3 is 2.32 bits per heavy atom. The van der Waals surface area contributed by atoms with Crippen LogP contribution in [0, 0.1) is 6.42 Å². The maximum Gasteiger partial charge on any atom is 0.226 e. The molecule has 1 aliphatic heterocycles. The first kappa shape index (κ1) is 26.2. The van der Waals surface area contributed by atoms with Gasteiger partial charge in [0.1, 0.15) is 0 Å². The van der Waals surface area contributed by atoms with Crippen LogP contribution in [0.15, 0.2) is 54.6 Å². The molecule has 1 unspecified atom stereocenters. The molecule has 0 spiro atoms. The van der Waals surface area contributed by atoms with Crippen molar-refractivity contribution in [1.29, 1.82) is 0 Å². The third kappa shape index (κ3) is 8.12. The van der Waals surface area contributed by atoms with Crippen molar-refractivity contribution in [2.75, 3.05) is 45.8 Å². The molecule has 34 heavy (non-hydrogen) atoms. The molecule has 0 saturated carbocycles. The number of amides is 2. The topological polar surface area (TPSA) is 69.9 Å². The summed E-state index contributed by atoms with van der Waals surface area (Å²) in [7, 11) is 0. The van der Waals surface area contributed by atoms with E-state index >= 15 is 0 Å². The highest BCUT2D eigenvalue weighted by molar-refractivity contribution is 6.30. The van der Waals surface area contributed by atoms with Crippen molar-refractivity contribution in [3.8, 4) is 0 Å². The molecule has 2 amide bonds. The van der Waals surface area contributed by atoms with Crippen molar-refractivity contribution in [2.45, 2.75) is 32.2 Å². The van der Waals surface area contributed by atoms with Crippen LogP contribution in [0.4, 0.5) is 0 Å². The van der Waals surface area contributed by atoms with Gasteiger partial charge < -0.3 is 15.5 Å². The van der Waals surface area contributed by atoms with Crippen molar-refractivity contribution in [3.05, 3.63) is 77.2 Å². The number of nitrogens with two attached hydrogens (primary N) is 1. The molecule has 1 atom stereocenters. The predicted molar refractivity (Wildman–Crippen MR) is 137 cm³/mol. The van der Waals surface area contributed by atoms with Crippen LogP contribution in [0.1, 0.15) is 36.9 Å². The van der Waals surface area contributed by atoms with Gasteiger partial charge in [0.2, 0.25) is 11.8 Å². The lowest BCUT2D eigenvalue weighted by Gasteiger charge is -2.41. The molecular formula is C27H36ClN4O2. The first-order valence-corrected chi connectivity index (χ1v) is 12.5. The summed E-state index contributed by atoms with van der Waals surface area (Å²) in [5, 5.41) is 0.700. The smallest absolute Gasteiger partial charge is 0.226 e. The number of carbonyl (C=O) groups is 2. The number of rotatable bonds is 12.